The molecule has 1 heterocycles. The van der Waals surface area contributed by atoms with Crippen LogP contribution in [0.5, 0.6) is 5.75 Å². The van der Waals surface area contributed by atoms with Gasteiger partial charge in [0, 0.05) is 18.7 Å². The lowest BCUT2D eigenvalue weighted by Gasteiger charge is -2.32. The summed E-state index contributed by atoms with van der Waals surface area (Å²) in [5.74, 6) is 0.786. The van der Waals surface area contributed by atoms with Gasteiger partial charge in [-0.1, -0.05) is 41.4 Å². The van der Waals surface area contributed by atoms with Gasteiger partial charge in [0.1, 0.15) is 12.4 Å². The Morgan fingerprint density at radius 2 is 1.88 bits per heavy atom. The SMILES string of the molecule is O=C(c1ccc(Cl)c(Cl)c1)N1CCC[C@H](OCCOc2ccccc2)C1. The number of amides is 1. The predicted octanol–water partition coefficient (Wildman–Crippen LogP) is 4.69. The smallest absolute Gasteiger partial charge is 0.253 e. The van der Waals surface area contributed by atoms with Gasteiger partial charge in [-0.3, -0.25) is 4.79 Å². The molecule has 4 nitrogen and oxygen atoms in total. The van der Waals surface area contributed by atoms with E-state index in [1.807, 2.05) is 35.2 Å². The minimum Gasteiger partial charge on any atom is -0.491 e. The molecule has 0 bridgehead atoms. The fourth-order valence-electron chi connectivity index (χ4n) is 2.96. The minimum atomic E-state index is -0.0441. The monoisotopic (exact) mass is 393 g/mol. The van der Waals surface area contributed by atoms with Crippen LogP contribution >= 0.6 is 23.2 Å². The molecule has 0 N–H and O–H groups in total. The average molecular weight is 394 g/mol. The zero-order chi connectivity index (χ0) is 18.4. The first-order valence-electron chi connectivity index (χ1n) is 8.67. The van der Waals surface area contributed by atoms with E-state index in [0.717, 1.165) is 25.1 Å². The maximum absolute atomic E-state index is 12.7. The van der Waals surface area contributed by atoms with E-state index in [4.69, 9.17) is 32.7 Å². The third-order valence-corrected chi connectivity index (χ3v) is 5.02. The second-order valence-corrected chi connectivity index (χ2v) is 6.99. The molecule has 1 amide bonds. The molecule has 2 aromatic rings. The molecule has 3 rings (SSSR count). The van der Waals surface area contributed by atoms with E-state index in [0.29, 0.717) is 35.4 Å². The minimum absolute atomic E-state index is 0.0230. The van der Waals surface area contributed by atoms with Gasteiger partial charge in [-0.25, -0.2) is 0 Å². The Morgan fingerprint density at radius 3 is 2.65 bits per heavy atom. The molecule has 138 valence electrons. The number of para-hydroxylation sites is 1. The van der Waals surface area contributed by atoms with Gasteiger partial charge >= 0.3 is 0 Å². The van der Waals surface area contributed by atoms with Crippen LogP contribution in [0.3, 0.4) is 0 Å². The lowest BCUT2D eigenvalue weighted by Crippen LogP contribution is -2.43. The number of ether oxygens (including phenoxy) is 2. The number of rotatable bonds is 6. The fourth-order valence-corrected chi connectivity index (χ4v) is 3.26. The first-order valence-corrected chi connectivity index (χ1v) is 9.43. The zero-order valence-corrected chi connectivity index (χ0v) is 15.9. The Balaban J connectivity index is 1.47. The maximum Gasteiger partial charge on any atom is 0.253 e. The number of nitrogens with zero attached hydrogens (tertiary/aromatic N) is 1. The van der Waals surface area contributed by atoms with Gasteiger partial charge in [0.25, 0.3) is 5.91 Å². The Bertz CT molecular complexity index is 739. The maximum atomic E-state index is 12.7. The third-order valence-electron chi connectivity index (χ3n) is 4.28. The van der Waals surface area contributed by atoms with Gasteiger partial charge in [-0.15, -0.1) is 0 Å². The molecule has 0 aliphatic carbocycles. The lowest BCUT2D eigenvalue weighted by atomic mass is 10.1. The molecule has 1 atom stereocenters. The Kier molecular flexibility index (Phi) is 6.78. The molecule has 26 heavy (non-hydrogen) atoms. The quantitative estimate of drug-likeness (QED) is 0.667. The van der Waals surface area contributed by atoms with Gasteiger partial charge in [0.2, 0.25) is 0 Å². The van der Waals surface area contributed by atoms with Crippen LogP contribution in [-0.4, -0.2) is 43.2 Å². The van der Waals surface area contributed by atoms with E-state index < -0.39 is 0 Å². The number of piperidine rings is 1. The van der Waals surface area contributed by atoms with Crippen molar-refractivity contribution < 1.29 is 14.3 Å². The van der Waals surface area contributed by atoms with Crippen LogP contribution in [0.4, 0.5) is 0 Å². The molecule has 1 aliphatic rings. The number of carbonyl (C=O) groups excluding carboxylic acids is 1. The van der Waals surface area contributed by atoms with Gasteiger partial charge in [0.15, 0.2) is 0 Å². The molecule has 0 unspecified atom stereocenters. The van der Waals surface area contributed by atoms with Crippen LogP contribution in [0.15, 0.2) is 48.5 Å². The summed E-state index contributed by atoms with van der Waals surface area (Å²) < 4.78 is 11.5. The molecule has 2 aromatic carbocycles. The van der Waals surface area contributed by atoms with Crippen LogP contribution in [0, 0.1) is 0 Å². The van der Waals surface area contributed by atoms with Crippen molar-refractivity contribution in [2.75, 3.05) is 26.3 Å². The fraction of sp³-hybridized carbons (Fsp3) is 0.350. The Labute approximate surface area is 163 Å². The van der Waals surface area contributed by atoms with Crippen molar-refractivity contribution in [3.8, 4) is 5.75 Å². The number of hydrogen-bond donors (Lipinski definition) is 0. The molecule has 1 fully saturated rings. The van der Waals surface area contributed by atoms with E-state index in [9.17, 15) is 4.79 Å². The highest BCUT2D eigenvalue weighted by molar-refractivity contribution is 6.42. The van der Waals surface area contributed by atoms with Crippen molar-refractivity contribution >= 4 is 29.1 Å². The van der Waals surface area contributed by atoms with Crippen LogP contribution in [0.25, 0.3) is 0 Å². The van der Waals surface area contributed by atoms with Crippen molar-refractivity contribution in [3.63, 3.8) is 0 Å². The van der Waals surface area contributed by atoms with Crippen LogP contribution in [0.1, 0.15) is 23.2 Å². The molecule has 6 heteroatoms. The average Bonchev–Trinajstić information content (AvgIpc) is 2.68. The van der Waals surface area contributed by atoms with Gasteiger partial charge in [-0.05, 0) is 43.2 Å². The number of carbonyl (C=O) groups is 1. The second kappa shape index (κ2) is 9.26. The van der Waals surface area contributed by atoms with E-state index >= 15 is 0 Å². The summed E-state index contributed by atoms with van der Waals surface area (Å²) in [5, 5.41) is 0.835. The molecule has 0 spiro atoms. The molecular formula is C20H21Cl2NO3. The summed E-state index contributed by atoms with van der Waals surface area (Å²) in [6, 6.07) is 14.6. The summed E-state index contributed by atoms with van der Waals surface area (Å²) in [6.07, 6.45) is 1.88. The van der Waals surface area contributed by atoms with Gasteiger partial charge in [0.05, 0.1) is 22.8 Å². The van der Waals surface area contributed by atoms with Gasteiger partial charge < -0.3 is 14.4 Å². The summed E-state index contributed by atoms with van der Waals surface area (Å²) in [5.41, 5.74) is 0.549. The van der Waals surface area contributed by atoms with Crippen LogP contribution < -0.4 is 4.74 Å². The molecule has 0 saturated carbocycles. The molecular weight excluding hydrogens is 373 g/mol. The van der Waals surface area contributed by atoms with Crippen molar-refractivity contribution in [1.82, 2.24) is 4.90 Å². The van der Waals surface area contributed by atoms with Crippen LogP contribution in [0.2, 0.25) is 10.0 Å². The summed E-state index contributed by atoms with van der Waals surface area (Å²) in [7, 11) is 0. The van der Waals surface area contributed by atoms with Crippen LogP contribution in [-0.2, 0) is 4.74 Å². The molecule has 1 aliphatic heterocycles. The zero-order valence-electron chi connectivity index (χ0n) is 14.4. The summed E-state index contributed by atoms with van der Waals surface area (Å²) in [4.78, 5) is 14.5. The Morgan fingerprint density at radius 1 is 1.08 bits per heavy atom. The number of benzene rings is 2. The van der Waals surface area contributed by atoms with Crippen molar-refractivity contribution in [2.45, 2.75) is 18.9 Å². The molecule has 1 saturated heterocycles. The largest absolute Gasteiger partial charge is 0.491 e. The Hall–Kier alpha value is -1.75. The van der Waals surface area contributed by atoms with E-state index in [1.165, 1.54) is 0 Å². The van der Waals surface area contributed by atoms with E-state index in [1.54, 1.807) is 18.2 Å². The normalized spacial score (nSPS) is 17.2. The highest BCUT2D eigenvalue weighted by Gasteiger charge is 2.25. The first kappa shape index (κ1) is 19.0. The highest BCUT2D eigenvalue weighted by atomic mass is 35.5. The second-order valence-electron chi connectivity index (χ2n) is 6.18. The topological polar surface area (TPSA) is 38.8 Å². The number of likely N-dealkylation sites (tertiary alicyclic amines) is 1. The summed E-state index contributed by atoms with van der Waals surface area (Å²) >= 11 is 11.9. The molecule has 0 radical (unpaired) electrons. The summed E-state index contributed by atoms with van der Waals surface area (Å²) in [6.45, 7) is 2.28. The molecule has 0 aromatic heterocycles. The van der Waals surface area contributed by atoms with Crippen molar-refractivity contribution in [1.29, 1.82) is 0 Å². The lowest BCUT2D eigenvalue weighted by molar-refractivity contribution is -0.00817. The number of halogens is 2. The first-order chi connectivity index (χ1) is 12.6. The standard InChI is InChI=1S/C20H21Cl2NO3/c21-18-9-8-15(13-19(18)22)20(24)23-10-4-7-17(14-23)26-12-11-25-16-5-2-1-3-6-16/h1-3,5-6,8-9,13,17H,4,7,10-12,14H2/t17-/m0/s1. The third kappa shape index (κ3) is 5.13. The van der Waals surface area contributed by atoms with Crippen molar-refractivity contribution in [3.05, 3.63) is 64.1 Å². The number of hydrogen-bond acceptors (Lipinski definition) is 3. The van der Waals surface area contributed by atoms with E-state index in [2.05, 4.69) is 0 Å². The predicted molar refractivity (Wildman–Crippen MR) is 103 cm³/mol. The van der Waals surface area contributed by atoms with E-state index in [-0.39, 0.29) is 12.0 Å². The highest BCUT2D eigenvalue weighted by Crippen LogP contribution is 2.24. The van der Waals surface area contributed by atoms with Gasteiger partial charge in [-0.2, -0.15) is 0 Å². The van der Waals surface area contributed by atoms with Crippen molar-refractivity contribution in [2.24, 2.45) is 0 Å².